The molecule has 0 saturated carbocycles. The van der Waals surface area contributed by atoms with Gasteiger partial charge in [0, 0.05) is 5.75 Å². The van der Waals surface area contributed by atoms with Crippen molar-refractivity contribution < 1.29 is 9.53 Å². The van der Waals surface area contributed by atoms with E-state index in [1.807, 2.05) is 12.1 Å². The van der Waals surface area contributed by atoms with Gasteiger partial charge in [0.05, 0.1) is 12.7 Å². The van der Waals surface area contributed by atoms with Gasteiger partial charge in [-0.15, -0.1) is 12.4 Å². The number of thioether (sulfide) groups is 1. The molecule has 0 radical (unpaired) electrons. The van der Waals surface area contributed by atoms with Crippen molar-refractivity contribution in [3.8, 4) is 0 Å². The van der Waals surface area contributed by atoms with Crippen LogP contribution in [-0.4, -0.2) is 23.0 Å². The van der Waals surface area contributed by atoms with Crippen molar-refractivity contribution in [3.05, 3.63) is 45.7 Å². The van der Waals surface area contributed by atoms with Gasteiger partial charge in [-0.25, -0.2) is 9.78 Å². The number of halogens is 3. The standard InChI is InChI=1S/C12H10Cl2N2O2S.ClH/c1-18-11(17)8-4-2-7(3-5-8)6-19-12-15-9(13)10(14)16-12;/h2-5H,6H2,1H3,(H,15,16);1H. The minimum absolute atomic E-state index is 0. The zero-order chi connectivity index (χ0) is 13.8. The Hall–Kier alpha value is -0.880. The Morgan fingerprint density at radius 1 is 1.35 bits per heavy atom. The lowest BCUT2D eigenvalue weighted by Crippen LogP contribution is -2.00. The number of ether oxygens (including phenoxy) is 1. The Morgan fingerprint density at radius 3 is 2.50 bits per heavy atom. The van der Waals surface area contributed by atoms with E-state index in [4.69, 9.17) is 23.2 Å². The quantitative estimate of drug-likeness (QED) is 0.660. The van der Waals surface area contributed by atoms with E-state index in [-0.39, 0.29) is 23.5 Å². The van der Waals surface area contributed by atoms with Crippen LogP contribution in [0.3, 0.4) is 0 Å². The smallest absolute Gasteiger partial charge is 0.337 e. The first-order valence-corrected chi connectivity index (χ1v) is 7.05. The molecule has 0 aliphatic rings. The summed E-state index contributed by atoms with van der Waals surface area (Å²) in [5, 5.41) is 1.27. The van der Waals surface area contributed by atoms with Crippen LogP contribution in [0.5, 0.6) is 0 Å². The van der Waals surface area contributed by atoms with E-state index in [1.54, 1.807) is 12.1 Å². The van der Waals surface area contributed by atoms with E-state index in [0.29, 0.717) is 21.6 Å². The van der Waals surface area contributed by atoms with Gasteiger partial charge in [-0.05, 0) is 17.7 Å². The fraction of sp³-hybridized carbons (Fsp3) is 0.167. The molecule has 2 rings (SSSR count). The predicted octanol–water partition coefficient (Wildman–Crippen LogP) is 4.22. The number of benzene rings is 1. The molecule has 8 heteroatoms. The third-order valence-corrected chi connectivity index (χ3v) is 3.94. The number of carbonyl (C=O) groups is 1. The number of H-pyrrole nitrogens is 1. The summed E-state index contributed by atoms with van der Waals surface area (Å²) in [6, 6.07) is 7.18. The molecule has 0 aliphatic carbocycles. The van der Waals surface area contributed by atoms with E-state index in [1.165, 1.54) is 18.9 Å². The Kier molecular flexibility index (Phi) is 6.68. The zero-order valence-corrected chi connectivity index (χ0v) is 13.5. The van der Waals surface area contributed by atoms with Crippen LogP contribution in [-0.2, 0) is 10.5 Å². The second kappa shape index (κ2) is 7.78. The van der Waals surface area contributed by atoms with Crippen LogP contribution >= 0.6 is 47.4 Å². The van der Waals surface area contributed by atoms with Gasteiger partial charge in [0.15, 0.2) is 10.3 Å². The second-order valence-electron chi connectivity index (χ2n) is 3.62. The molecule has 0 saturated heterocycles. The average molecular weight is 354 g/mol. The Labute approximate surface area is 136 Å². The van der Waals surface area contributed by atoms with Gasteiger partial charge >= 0.3 is 5.97 Å². The summed E-state index contributed by atoms with van der Waals surface area (Å²) in [6.07, 6.45) is 0. The maximum Gasteiger partial charge on any atom is 0.337 e. The van der Waals surface area contributed by atoms with Gasteiger partial charge in [-0.1, -0.05) is 47.1 Å². The molecule has 108 valence electrons. The monoisotopic (exact) mass is 352 g/mol. The summed E-state index contributed by atoms with van der Waals surface area (Å²) in [7, 11) is 1.36. The Morgan fingerprint density at radius 2 is 2.00 bits per heavy atom. The molecule has 0 atom stereocenters. The van der Waals surface area contributed by atoms with Crippen LogP contribution < -0.4 is 0 Å². The highest BCUT2D eigenvalue weighted by Crippen LogP contribution is 2.26. The molecule has 1 aromatic heterocycles. The molecule has 0 amide bonds. The van der Waals surface area contributed by atoms with Crippen LogP contribution in [0, 0.1) is 0 Å². The highest BCUT2D eigenvalue weighted by molar-refractivity contribution is 7.98. The minimum atomic E-state index is -0.344. The summed E-state index contributed by atoms with van der Waals surface area (Å²) < 4.78 is 4.63. The van der Waals surface area contributed by atoms with Crippen LogP contribution in [0.4, 0.5) is 0 Å². The van der Waals surface area contributed by atoms with E-state index >= 15 is 0 Å². The summed E-state index contributed by atoms with van der Waals surface area (Å²) in [5.74, 6) is 0.352. The predicted molar refractivity (Wildman–Crippen MR) is 83.2 cm³/mol. The fourth-order valence-electron chi connectivity index (χ4n) is 1.39. The van der Waals surface area contributed by atoms with Crippen molar-refractivity contribution in [1.29, 1.82) is 0 Å². The maximum absolute atomic E-state index is 11.3. The molecule has 0 bridgehead atoms. The summed E-state index contributed by atoms with van der Waals surface area (Å²) in [4.78, 5) is 18.2. The fourth-order valence-corrected chi connectivity index (χ4v) is 2.58. The molecule has 1 aromatic carbocycles. The number of nitrogens with one attached hydrogen (secondary N) is 1. The number of imidazole rings is 1. The molecule has 1 N–H and O–H groups in total. The lowest BCUT2D eigenvalue weighted by molar-refractivity contribution is 0.0600. The van der Waals surface area contributed by atoms with Crippen LogP contribution in [0.15, 0.2) is 29.4 Å². The first kappa shape index (κ1) is 17.2. The van der Waals surface area contributed by atoms with Crippen molar-refractivity contribution in [2.75, 3.05) is 7.11 Å². The molecule has 1 heterocycles. The number of esters is 1. The Bertz CT molecular complexity index is 567. The lowest BCUT2D eigenvalue weighted by Gasteiger charge is -2.02. The lowest BCUT2D eigenvalue weighted by atomic mass is 10.1. The zero-order valence-electron chi connectivity index (χ0n) is 10.4. The number of aromatic amines is 1. The van der Waals surface area contributed by atoms with Crippen molar-refractivity contribution in [2.24, 2.45) is 0 Å². The summed E-state index contributed by atoms with van der Waals surface area (Å²) >= 11 is 13.0. The van der Waals surface area contributed by atoms with Gasteiger partial charge in [0.1, 0.15) is 5.15 Å². The van der Waals surface area contributed by atoms with Gasteiger partial charge in [-0.2, -0.15) is 0 Å². The maximum atomic E-state index is 11.3. The van der Waals surface area contributed by atoms with E-state index in [9.17, 15) is 4.79 Å². The number of hydrogen-bond donors (Lipinski definition) is 1. The third kappa shape index (κ3) is 4.31. The van der Waals surface area contributed by atoms with Crippen LogP contribution in [0.25, 0.3) is 0 Å². The minimum Gasteiger partial charge on any atom is -0.465 e. The average Bonchev–Trinajstić information content (AvgIpc) is 2.75. The van der Waals surface area contributed by atoms with Gasteiger partial charge in [0.25, 0.3) is 0 Å². The number of carbonyl (C=O) groups excluding carboxylic acids is 1. The van der Waals surface area contributed by atoms with Crippen molar-refractivity contribution in [3.63, 3.8) is 0 Å². The molecular formula is C12H11Cl3N2O2S. The highest BCUT2D eigenvalue weighted by atomic mass is 35.5. The molecule has 4 nitrogen and oxygen atoms in total. The number of nitrogens with zero attached hydrogens (tertiary/aromatic N) is 1. The highest BCUT2D eigenvalue weighted by Gasteiger charge is 2.07. The molecular weight excluding hydrogens is 343 g/mol. The molecule has 20 heavy (non-hydrogen) atoms. The summed E-state index contributed by atoms with van der Waals surface area (Å²) in [6.45, 7) is 0. The van der Waals surface area contributed by atoms with E-state index in [0.717, 1.165) is 5.56 Å². The molecule has 0 fully saturated rings. The van der Waals surface area contributed by atoms with Crippen molar-refractivity contribution in [2.45, 2.75) is 10.9 Å². The van der Waals surface area contributed by atoms with Crippen LogP contribution in [0.1, 0.15) is 15.9 Å². The number of aromatic nitrogens is 2. The van der Waals surface area contributed by atoms with E-state index < -0.39 is 0 Å². The van der Waals surface area contributed by atoms with E-state index in [2.05, 4.69) is 14.7 Å². The molecule has 2 aromatic rings. The second-order valence-corrected chi connectivity index (χ2v) is 5.32. The number of hydrogen-bond acceptors (Lipinski definition) is 4. The van der Waals surface area contributed by atoms with Gasteiger partial charge in [-0.3, -0.25) is 0 Å². The number of rotatable bonds is 4. The first-order valence-electron chi connectivity index (χ1n) is 5.31. The molecule has 0 unspecified atom stereocenters. The Balaban J connectivity index is 0.00000200. The normalized spacial score (nSPS) is 9.95. The van der Waals surface area contributed by atoms with Crippen LogP contribution in [0.2, 0.25) is 10.3 Å². The van der Waals surface area contributed by atoms with Crippen molar-refractivity contribution in [1.82, 2.24) is 9.97 Å². The largest absolute Gasteiger partial charge is 0.465 e. The SMILES string of the molecule is COC(=O)c1ccc(CSc2nc(Cl)c(Cl)[nH]2)cc1.Cl. The van der Waals surface area contributed by atoms with Gasteiger partial charge < -0.3 is 9.72 Å². The first-order chi connectivity index (χ1) is 9.10. The topological polar surface area (TPSA) is 55.0 Å². The van der Waals surface area contributed by atoms with Gasteiger partial charge in [0.2, 0.25) is 0 Å². The third-order valence-electron chi connectivity index (χ3n) is 2.35. The number of methoxy groups -OCH3 is 1. The van der Waals surface area contributed by atoms with Crippen molar-refractivity contribution >= 4 is 53.3 Å². The molecule has 0 aliphatic heterocycles. The molecule has 0 spiro atoms. The summed E-state index contributed by atoms with van der Waals surface area (Å²) in [5.41, 5.74) is 1.58.